The van der Waals surface area contributed by atoms with Crippen LogP contribution in [0.1, 0.15) is 33.2 Å². The van der Waals surface area contributed by atoms with E-state index >= 15 is 0 Å². The van der Waals surface area contributed by atoms with Crippen LogP contribution in [0, 0.1) is 6.92 Å². The van der Waals surface area contributed by atoms with E-state index < -0.39 is 0 Å². The van der Waals surface area contributed by atoms with E-state index in [9.17, 15) is 4.79 Å². The number of rotatable bonds is 1. The van der Waals surface area contributed by atoms with Crippen LogP contribution in [-0.4, -0.2) is 33.4 Å². The highest BCUT2D eigenvalue weighted by molar-refractivity contribution is 7.13. The predicted molar refractivity (Wildman–Crippen MR) is 78.1 cm³/mol. The Bertz CT molecular complexity index is 674. The summed E-state index contributed by atoms with van der Waals surface area (Å²) in [5.74, 6) is 1.36. The van der Waals surface area contributed by atoms with Gasteiger partial charge >= 0.3 is 0 Å². The lowest BCUT2D eigenvalue weighted by molar-refractivity contribution is 0.0788. The zero-order chi connectivity index (χ0) is 13.7. The van der Waals surface area contributed by atoms with Crippen LogP contribution in [0.15, 0.2) is 24.5 Å². The first-order valence-corrected chi connectivity index (χ1v) is 7.87. The molecule has 0 saturated carbocycles. The Balaban J connectivity index is 1.58. The van der Waals surface area contributed by atoms with Gasteiger partial charge in [-0.1, -0.05) is 0 Å². The molecule has 1 unspecified atom stereocenters. The second kappa shape index (κ2) is 4.19. The molecule has 0 radical (unpaired) electrons. The molecule has 0 aromatic carbocycles. The number of hydrogen-bond acceptors (Lipinski definition) is 3. The van der Waals surface area contributed by atoms with Crippen LogP contribution in [0.3, 0.4) is 0 Å². The van der Waals surface area contributed by atoms with E-state index in [4.69, 9.17) is 0 Å². The summed E-state index contributed by atoms with van der Waals surface area (Å²) < 4.78 is 2.24. The van der Waals surface area contributed by atoms with E-state index in [1.165, 1.54) is 10.7 Å². The van der Waals surface area contributed by atoms with Crippen LogP contribution in [0.4, 0.5) is 0 Å². The molecule has 2 aromatic heterocycles. The largest absolute Gasteiger partial charge is 0.337 e. The third kappa shape index (κ3) is 1.66. The predicted octanol–water partition coefficient (Wildman–Crippen LogP) is 2.44. The number of likely N-dealkylation sites (tertiary alicyclic amines) is 1. The van der Waals surface area contributed by atoms with E-state index in [0.717, 1.165) is 37.4 Å². The Kier molecular flexibility index (Phi) is 2.54. The second-order valence-corrected chi connectivity index (χ2v) is 7.15. The highest BCUT2D eigenvalue weighted by atomic mass is 32.1. The number of aromatic nitrogens is 2. The minimum Gasteiger partial charge on any atom is -0.337 e. The molecule has 0 aliphatic carbocycles. The minimum atomic E-state index is 0.103. The number of carbonyl (C=O) groups excluding carboxylic acids is 1. The van der Waals surface area contributed by atoms with Crippen molar-refractivity contribution in [3.8, 4) is 0 Å². The smallest absolute Gasteiger partial charge is 0.263 e. The van der Waals surface area contributed by atoms with Gasteiger partial charge in [-0.25, -0.2) is 4.98 Å². The molecular formula is C15H17N3OS. The van der Waals surface area contributed by atoms with Gasteiger partial charge in [-0.2, -0.15) is 0 Å². The van der Waals surface area contributed by atoms with Gasteiger partial charge in [0.05, 0.1) is 4.88 Å². The molecule has 1 saturated heterocycles. The van der Waals surface area contributed by atoms with Crippen molar-refractivity contribution in [3.05, 3.63) is 40.1 Å². The highest BCUT2D eigenvalue weighted by Gasteiger charge is 2.47. The summed E-state index contributed by atoms with van der Waals surface area (Å²) in [6.07, 6.45) is 6.09. The van der Waals surface area contributed by atoms with Gasteiger partial charge in [0.1, 0.15) is 5.82 Å². The quantitative estimate of drug-likeness (QED) is 0.808. The summed E-state index contributed by atoms with van der Waals surface area (Å²) in [5.41, 5.74) is 0.103. The topological polar surface area (TPSA) is 38.1 Å². The van der Waals surface area contributed by atoms with Crippen molar-refractivity contribution < 1.29 is 4.79 Å². The summed E-state index contributed by atoms with van der Waals surface area (Å²) in [4.78, 5) is 21.2. The standard InChI is InChI=1S/C15H17N3OS/c1-11-2-3-12(20-11)13(19)18-8-5-15(10-18)4-7-17-9-6-16-14(15)17/h2-3,6,9H,4-5,7-8,10H2,1H3. The average molecular weight is 287 g/mol. The maximum absolute atomic E-state index is 12.6. The SMILES string of the molecule is Cc1ccc(C(=O)N2CCC3(CCn4ccnc43)C2)s1. The van der Waals surface area contributed by atoms with Crippen LogP contribution in [0.5, 0.6) is 0 Å². The molecule has 2 aromatic rings. The molecule has 1 spiro atoms. The molecule has 1 fully saturated rings. The number of aryl methyl sites for hydroxylation is 2. The van der Waals surface area contributed by atoms with Crippen LogP contribution < -0.4 is 0 Å². The Labute approximate surface area is 122 Å². The molecule has 2 aliphatic rings. The van der Waals surface area contributed by atoms with E-state index in [1.54, 1.807) is 11.3 Å². The number of amides is 1. The van der Waals surface area contributed by atoms with Crippen LogP contribution in [0.25, 0.3) is 0 Å². The molecule has 104 valence electrons. The molecule has 1 atom stereocenters. The lowest BCUT2D eigenvalue weighted by atomic mass is 9.85. The molecule has 4 nitrogen and oxygen atoms in total. The molecule has 0 bridgehead atoms. The molecule has 1 amide bonds. The van der Waals surface area contributed by atoms with Gasteiger partial charge < -0.3 is 9.47 Å². The maximum Gasteiger partial charge on any atom is 0.263 e. The normalized spacial score (nSPS) is 24.6. The first kappa shape index (κ1) is 12.1. The summed E-state index contributed by atoms with van der Waals surface area (Å²) in [6.45, 7) is 4.75. The number of hydrogen-bond donors (Lipinski definition) is 0. The number of imidazole rings is 1. The molecule has 4 heterocycles. The Morgan fingerprint density at radius 3 is 3.00 bits per heavy atom. The van der Waals surface area contributed by atoms with Gasteiger partial charge in [0, 0.05) is 42.3 Å². The van der Waals surface area contributed by atoms with Crippen molar-refractivity contribution in [2.75, 3.05) is 13.1 Å². The molecule has 20 heavy (non-hydrogen) atoms. The monoisotopic (exact) mass is 287 g/mol. The van der Waals surface area contributed by atoms with Gasteiger partial charge in [0.2, 0.25) is 0 Å². The van der Waals surface area contributed by atoms with Crippen LogP contribution in [-0.2, 0) is 12.0 Å². The van der Waals surface area contributed by atoms with Crippen molar-refractivity contribution in [2.45, 2.75) is 31.7 Å². The zero-order valence-electron chi connectivity index (χ0n) is 11.5. The molecule has 2 aliphatic heterocycles. The first-order valence-electron chi connectivity index (χ1n) is 7.05. The van der Waals surface area contributed by atoms with Crippen molar-refractivity contribution >= 4 is 17.2 Å². The summed E-state index contributed by atoms with van der Waals surface area (Å²) in [7, 11) is 0. The zero-order valence-corrected chi connectivity index (χ0v) is 12.3. The number of carbonyl (C=O) groups is 1. The highest BCUT2D eigenvalue weighted by Crippen LogP contribution is 2.42. The summed E-state index contributed by atoms with van der Waals surface area (Å²) >= 11 is 1.59. The van der Waals surface area contributed by atoms with Crippen LogP contribution >= 0.6 is 11.3 Å². The Morgan fingerprint density at radius 1 is 1.35 bits per heavy atom. The molecule has 0 N–H and O–H groups in total. The Morgan fingerprint density at radius 2 is 2.20 bits per heavy atom. The van der Waals surface area contributed by atoms with E-state index in [1.807, 2.05) is 30.2 Å². The van der Waals surface area contributed by atoms with Gasteiger partial charge in [0.25, 0.3) is 5.91 Å². The van der Waals surface area contributed by atoms with Crippen LogP contribution in [0.2, 0.25) is 0 Å². The minimum absolute atomic E-state index is 0.103. The third-order valence-electron chi connectivity index (χ3n) is 4.61. The van der Waals surface area contributed by atoms with Crippen molar-refractivity contribution in [2.24, 2.45) is 0 Å². The van der Waals surface area contributed by atoms with Gasteiger partial charge in [-0.05, 0) is 31.9 Å². The summed E-state index contributed by atoms with van der Waals surface area (Å²) in [6, 6.07) is 3.97. The molecular weight excluding hydrogens is 270 g/mol. The van der Waals surface area contributed by atoms with E-state index in [-0.39, 0.29) is 11.3 Å². The number of fused-ring (bicyclic) bond motifs is 2. The Hall–Kier alpha value is -1.62. The van der Waals surface area contributed by atoms with Crippen molar-refractivity contribution in [3.63, 3.8) is 0 Å². The molecule has 4 rings (SSSR count). The number of nitrogens with zero attached hydrogens (tertiary/aromatic N) is 3. The summed E-state index contributed by atoms with van der Waals surface area (Å²) in [5, 5.41) is 0. The van der Waals surface area contributed by atoms with Gasteiger partial charge in [-0.15, -0.1) is 11.3 Å². The first-order chi connectivity index (χ1) is 9.68. The average Bonchev–Trinajstić information content (AvgIpc) is 3.18. The molecule has 5 heteroatoms. The second-order valence-electron chi connectivity index (χ2n) is 5.86. The van der Waals surface area contributed by atoms with E-state index in [2.05, 4.69) is 15.7 Å². The van der Waals surface area contributed by atoms with Crippen molar-refractivity contribution in [1.29, 1.82) is 0 Å². The lowest BCUT2D eigenvalue weighted by Gasteiger charge is -2.22. The fourth-order valence-corrected chi connectivity index (χ4v) is 4.37. The fourth-order valence-electron chi connectivity index (χ4n) is 3.54. The van der Waals surface area contributed by atoms with Crippen molar-refractivity contribution in [1.82, 2.24) is 14.5 Å². The van der Waals surface area contributed by atoms with Gasteiger partial charge in [-0.3, -0.25) is 4.79 Å². The lowest BCUT2D eigenvalue weighted by Crippen LogP contribution is -2.33. The number of thiophene rings is 1. The third-order valence-corrected chi connectivity index (χ3v) is 5.60. The fraction of sp³-hybridized carbons (Fsp3) is 0.467. The maximum atomic E-state index is 12.6. The van der Waals surface area contributed by atoms with E-state index in [0.29, 0.717) is 0 Å². The van der Waals surface area contributed by atoms with Gasteiger partial charge in [0.15, 0.2) is 0 Å².